The van der Waals surface area contributed by atoms with Crippen LogP contribution in [0.25, 0.3) is 10.9 Å². The third-order valence-corrected chi connectivity index (χ3v) is 3.86. The Morgan fingerprint density at radius 3 is 2.58 bits per heavy atom. The topological polar surface area (TPSA) is 12.9 Å². The van der Waals surface area contributed by atoms with E-state index in [2.05, 4.69) is 17.1 Å². The molecule has 0 amide bonds. The molecular weight excluding hydrogens is 257 g/mol. The van der Waals surface area contributed by atoms with E-state index in [1.807, 2.05) is 30.3 Å². The number of aromatic nitrogens is 1. The van der Waals surface area contributed by atoms with Crippen LogP contribution in [0.5, 0.6) is 0 Å². The first-order chi connectivity index (χ1) is 9.31. The minimum atomic E-state index is -0.245. The van der Waals surface area contributed by atoms with Gasteiger partial charge in [-0.1, -0.05) is 36.4 Å². The van der Waals surface area contributed by atoms with Gasteiger partial charge < -0.3 is 0 Å². The van der Waals surface area contributed by atoms with Crippen LogP contribution in [0.2, 0.25) is 0 Å². The van der Waals surface area contributed by atoms with Crippen LogP contribution in [-0.2, 0) is 5.75 Å². The quantitative estimate of drug-likeness (QED) is 0.641. The lowest BCUT2D eigenvalue weighted by Gasteiger charge is -2.03. The number of pyridine rings is 1. The summed E-state index contributed by atoms with van der Waals surface area (Å²) in [5.41, 5.74) is 1.96. The van der Waals surface area contributed by atoms with E-state index in [0.29, 0.717) is 5.52 Å². The highest BCUT2D eigenvalue weighted by Crippen LogP contribution is 2.23. The first kappa shape index (κ1) is 12.2. The predicted octanol–water partition coefficient (Wildman–Crippen LogP) is 4.67. The van der Waals surface area contributed by atoms with Crippen LogP contribution in [0, 0.1) is 5.82 Å². The van der Waals surface area contributed by atoms with Gasteiger partial charge in [-0.15, -0.1) is 11.8 Å². The lowest BCUT2D eigenvalue weighted by atomic mass is 10.2. The molecule has 0 saturated heterocycles. The lowest BCUT2D eigenvalue weighted by molar-refractivity contribution is 0.629. The second-order valence-corrected chi connectivity index (χ2v) is 5.26. The van der Waals surface area contributed by atoms with Gasteiger partial charge >= 0.3 is 0 Å². The molecule has 0 bridgehead atoms. The maximum atomic E-state index is 13.2. The number of rotatable bonds is 3. The Morgan fingerprint density at radius 1 is 0.947 bits per heavy atom. The fraction of sp³-hybridized carbons (Fsp3) is 0.0625. The molecular formula is C16H12FNS. The van der Waals surface area contributed by atoms with E-state index in [-0.39, 0.29) is 5.82 Å². The average Bonchev–Trinajstić information content (AvgIpc) is 2.46. The average molecular weight is 269 g/mol. The van der Waals surface area contributed by atoms with E-state index >= 15 is 0 Å². The molecule has 1 heterocycles. The second-order valence-electron chi connectivity index (χ2n) is 4.26. The number of nitrogens with zero attached hydrogens (tertiary/aromatic N) is 1. The molecule has 0 spiro atoms. The van der Waals surface area contributed by atoms with Crippen LogP contribution in [0.4, 0.5) is 4.39 Å². The molecule has 0 atom stereocenters. The number of thioether (sulfide) groups is 1. The molecule has 3 rings (SSSR count). The second kappa shape index (κ2) is 5.41. The number of hydrogen-bond donors (Lipinski definition) is 0. The Bertz CT molecular complexity index is 697. The first-order valence-electron chi connectivity index (χ1n) is 6.04. The summed E-state index contributed by atoms with van der Waals surface area (Å²) in [5, 5.41) is 1.88. The third-order valence-electron chi connectivity index (χ3n) is 2.86. The van der Waals surface area contributed by atoms with Gasteiger partial charge in [0, 0.05) is 17.2 Å². The molecule has 1 aromatic heterocycles. The van der Waals surface area contributed by atoms with Crippen molar-refractivity contribution in [2.24, 2.45) is 0 Å². The monoisotopic (exact) mass is 269 g/mol. The van der Waals surface area contributed by atoms with Gasteiger partial charge in [0.25, 0.3) is 0 Å². The molecule has 0 unspecified atom stereocenters. The fourth-order valence-corrected chi connectivity index (χ4v) is 2.72. The number of fused-ring (bicyclic) bond motifs is 1. The van der Waals surface area contributed by atoms with Gasteiger partial charge in [0.15, 0.2) is 0 Å². The van der Waals surface area contributed by atoms with Gasteiger partial charge in [0.2, 0.25) is 0 Å². The summed E-state index contributed by atoms with van der Waals surface area (Å²) >= 11 is 1.66. The van der Waals surface area contributed by atoms with E-state index < -0.39 is 0 Å². The van der Waals surface area contributed by atoms with Gasteiger partial charge in [0.1, 0.15) is 5.82 Å². The molecule has 0 saturated carbocycles. The Hall–Kier alpha value is -1.87. The van der Waals surface area contributed by atoms with Crippen molar-refractivity contribution in [3.63, 3.8) is 0 Å². The molecule has 94 valence electrons. The normalized spacial score (nSPS) is 10.8. The van der Waals surface area contributed by atoms with E-state index in [4.69, 9.17) is 0 Å². The molecule has 19 heavy (non-hydrogen) atoms. The molecule has 0 radical (unpaired) electrons. The number of hydrogen-bond acceptors (Lipinski definition) is 2. The van der Waals surface area contributed by atoms with Crippen molar-refractivity contribution in [2.75, 3.05) is 0 Å². The van der Waals surface area contributed by atoms with E-state index in [1.165, 1.54) is 17.7 Å². The molecule has 1 nitrogen and oxygen atoms in total. The highest BCUT2D eigenvalue weighted by atomic mass is 32.2. The molecule has 0 aliphatic carbocycles. The van der Waals surface area contributed by atoms with Crippen molar-refractivity contribution in [1.29, 1.82) is 0 Å². The Labute approximate surface area is 115 Å². The molecule has 3 aromatic rings. The molecule has 3 heteroatoms. The zero-order chi connectivity index (χ0) is 13.1. The standard InChI is InChI=1S/C16H12FNS/c17-14-8-6-13-7-9-16(18-15(13)10-14)19-11-12-4-2-1-3-5-12/h1-10H,11H2. The fourth-order valence-electron chi connectivity index (χ4n) is 1.88. The van der Waals surface area contributed by atoms with Gasteiger partial charge in [-0.25, -0.2) is 9.37 Å². The molecule has 0 aliphatic rings. The van der Waals surface area contributed by atoms with E-state index in [1.54, 1.807) is 17.8 Å². The summed E-state index contributed by atoms with van der Waals surface area (Å²) in [6.07, 6.45) is 0. The number of benzene rings is 2. The largest absolute Gasteiger partial charge is 0.241 e. The van der Waals surface area contributed by atoms with Crippen molar-refractivity contribution >= 4 is 22.7 Å². The SMILES string of the molecule is Fc1ccc2ccc(SCc3ccccc3)nc2c1. The van der Waals surface area contributed by atoms with Crippen molar-refractivity contribution < 1.29 is 4.39 Å². The lowest BCUT2D eigenvalue weighted by Crippen LogP contribution is -1.85. The highest BCUT2D eigenvalue weighted by Gasteiger charge is 2.01. The van der Waals surface area contributed by atoms with Crippen LogP contribution in [0.3, 0.4) is 0 Å². The van der Waals surface area contributed by atoms with Crippen LogP contribution >= 0.6 is 11.8 Å². The van der Waals surface area contributed by atoms with Crippen molar-refractivity contribution in [3.8, 4) is 0 Å². The smallest absolute Gasteiger partial charge is 0.125 e. The first-order valence-corrected chi connectivity index (χ1v) is 7.03. The van der Waals surface area contributed by atoms with Crippen molar-refractivity contribution in [2.45, 2.75) is 10.8 Å². The molecule has 0 aliphatic heterocycles. The van der Waals surface area contributed by atoms with E-state index in [0.717, 1.165) is 16.2 Å². The summed E-state index contributed by atoms with van der Waals surface area (Å²) < 4.78 is 13.2. The minimum absolute atomic E-state index is 0.245. The predicted molar refractivity (Wildman–Crippen MR) is 77.7 cm³/mol. The van der Waals surface area contributed by atoms with Crippen molar-refractivity contribution in [3.05, 3.63) is 72.0 Å². The van der Waals surface area contributed by atoms with Crippen LogP contribution in [0.1, 0.15) is 5.56 Å². The van der Waals surface area contributed by atoms with Crippen molar-refractivity contribution in [1.82, 2.24) is 4.98 Å². The summed E-state index contributed by atoms with van der Waals surface area (Å²) in [7, 11) is 0. The summed E-state index contributed by atoms with van der Waals surface area (Å²) in [6, 6.07) is 18.9. The minimum Gasteiger partial charge on any atom is -0.241 e. The number of halogens is 1. The molecule has 0 N–H and O–H groups in total. The summed E-state index contributed by atoms with van der Waals surface area (Å²) in [5.74, 6) is 0.625. The zero-order valence-corrected chi connectivity index (χ0v) is 11.0. The van der Waals surface area contributed by atoms with Crippen LogP contribution in [0.15, 0.2) is 65.7 Å². The van der Waals surface area contributed by atoms with Gasteiger partial charge in [-0.3, -0.25) is 0 Å². The van der Waals surface area contributed by atoms with Gasteiger partial charge in [-0.2, -0.15) is 0 Å². The van der Waals surface area contributed by atoms with E-state index in [9.17, 15) is 4.39 Å². The zero-order valence-electron chi connectivity index (χ0n) is 10.2. The Morgan fingerprint density at radius 2 is 1.74 bits per heavy atom. The summed E-state index contributed by atoms with van der Waals surface area (Å²) in [6.45, 7) is 0. The van der Waals surface area contributed by atoms with Gasteiger partial charge in [0.05, 0.1) is 10.5 Å². The summed E-state index contributed by atoms with van der Waals surface area (Å²) in [4.78, 5) is 4.47. The molecule has 0 fully saturated rings. The third kappa shape index (κ3) is 2.93. The molecule has 2 aromatic carbocycles. The van der Waals surface area contributed by atoms with Crippen LogP contribution < -0.4 is 0 Å². The Kier molecular flexibility index (Phi) is 3.47. The van der Waals surface area contributed by atoms with Crippen LogP contribution in [-0.4, -0.2) is 4.98 Å². The van der Waals surface area contributed by atoms with Gasteiger partial charge in [-0.05, 0) is 23.8 Å². The maximum Gasteiger partial charge on any atom is 0.125 e. The Balaban J connectivity index is 1.81. The maximum absolute atomic E-state index is 13.2. The highest BCUT2D eigenvalue weighted by molar-refractivity contribution is 7.98.